The van der Waals surface area contributed by atoms with E-state index >= 15 is 0 Å². The van der Waals surface area contributed by atoms with Crippen LogP contribution in [0.1, 0.15) is 39.9 Å². The number of nitrogens with zero attached hydrogens (tertiary/aromatic N) is 1. The first-order chi connectivity index (χ1) is 15.2. The maximum absolute atomic E-state index is 13.0. The van der Waals surface area contributed by atoms with E-state index in [1.54, 1.807) is 31.3 Å². The van der Waals surface area contributed by atoms with Crippen LogP contribution < -0.4 is 0 Å². The second-order valence-electron chi connectivity index (χ2n) is 8.33. The molecule has 0 unspecified atom stereocenters. The maximum atomic E-state index is 13.0. The van der Waals surface area contributed by atoms with Gasteiger partial charge in [0, 0.05) is 32.9 Å². The Kier molecular flexibility index (Phi) is 6.04. The third-order valence-electron chi connectivity index (χ3n) is 6.71. The number of amides is 1. The number of likely N-dealkylation sites (tertiary alicyclic amines) is 1. The van der Waals surface area contributed by atoms with E-state index in [1.807, 2.05) is 12.1 Å². The van der Waals surface area contributed by atoms with E-state index in [-0.39, 0.29) is 5.91 Å². The topological polar surface area (TPSA) is 48.0 Å². The number of hydrogen-bond donors (Lipinski definition) is 0. The van der Waals surface area contributed by atoms with Crippen LogP contribution >= 0.6 is 0 Å². The Bertz CT molecular complexity index is 939. The van der Waals surface area contributed by atoms with Gasteiger partial charge in [-0.05, 0) is 48.2 Å². The summed E-state index contributed by atoms with van der Waals surface area (Å²) in [4.78, 5) is 14.8. The van der Waals surface area contributed by atoms with Gasteiger partial charge in [0.1, 0.15) is 5.60 Å². The number of piperidine rings is 1. The van der Waals surface area contributed by atoms with Crippen molar-refractivity contribution in [3.05, 3.63) is 70.8 Å². The van der Waals surface area contributed by atoms with E-state index in [2.05, 4.69) is 0 Å². The van der Waals surface area contributed by atoms with Gasteiger partial charge in [-0.1, -0.05) is 24.3 Å². The molecule has 4 rings (SSSR count). The van der Waals surface area contributed by atoms with Crippen LogP contribution in [0.4, 0.5) is 13.2 Å². The van der Waals surface area contributed by atoms with Crippen LogP contribution in [0.2, 0.25) is 0 Å². The van der Waals surface area contributed by atoms with Crippen molar-refractivity contribution >= 4 is 5.91 Å². The largest absolute Gasteiger partial charge is 0.416 e. The number of carbonyl (C=O) groups is 1. The molecular formula is C24H26F3NO4. The molecule has 1 amide bonds. The first-order valence-electron chi connectivity index (χ1n) is 10.5. The van der Waals surface area contributed by atoms with Crippen molar-refractivity contribution in [3.8, 4) is 0 Å². The lowest BCUT2D eigenvalue weighted by Crippen LogP contribution is -2.48. The quantitative estimate of drug-likeness (QED) is 0.681. The first kappa shape index (κ1) is 22.8. The highest BCUT2D eigenvalue weighted by molar-refractivity contribution is 5.94. The van der Waals surface area contributed by atoms with Crippen LogP contribution in [0.3, 0.4) is 0 Å². The average molecular weight is 449 g/mol. The SMILES string of the molecule is COC1(c2ccc(C(F)(F)F)cc2)CCN(C(=O)c2ccc(C3(OC)COC3)cc2)CC1. The smallest absolute Gasteiger partial charge is 0.375 e. The summed E-state index contributed by atoms with van der Waals surface area (Å²) in [6.07, 6.45) is -3.37. The minimum atomic E-state index is -4.38. The van der Waals surface area contributed by atoms with Gasteiger partial charge in [0.2, 0.25) is 0 Å². The zero-order valence-corrected chi connectivity index (χ0v) is 18.1. The predicted octanol–water partition coefficient (Wildman–Crippen LogP) is 4.36. The van der Waals surface area contributed by atoms with Crippen molar-refractivity contribution in [2.24, 2.45) is 0 Å². The van der Waals surface area contributed by atoms with Gasteiger partial charge in [0.25, 0.3) is 5.91 Å². The lowest BCUT2D eigenvalue weighted by molar-refractivity contribution is -0.202. The number of methoxy groups -OCH3 is 2. The second kappa shape index (κ2) is 8.50. The summed E-state index contributed by atoms with van der Waals surface area (Å²) < 4.78 is 55.3. The molecule has 0 bridgehead atoms. The van der Waals surface area contributed by atoms with Crippen molar-refractivity contribution < 1.29 is 32.2 Å². The van der Waals surface area contributed by atoms with Crippen molar-refractivity contribution in [1.29, 1.82) is 0 Å². The minimum Gasteiger partial charge on any atom is -0.375 e. The van der Waals surface area contributed by atoms with Crippen molar-refractivity contribution in [3.63, 3.8) is 0 Å². The average Bonchev–Trinajstić information content (AvgIpc) is 2.78. The van der Waals surface area contributed by atoms with Gasteiger partial charge < -0.3 is 19.1 Å². The van der Waals surface area contributed by atoms with Crippen molar-refractivity contribution in [2.45, 2.75) is 30.2 Å². The Hall–Kier alpha value is -2.42. The van der Waals surface area contributed by atoms with Gasteiger partial charge in [-0.25, -0.2) is 0 Å². The Morgan fingerprint density at radius 3 is 1.81 bits per heavy atom. The Balaban J connectivity index is 1.43. The standard InChI is InChI=1S/C24H26F3NO4/c1-30-22(18-7-9-20(10-8-18)24(25,26)27)11-13-28(14-12-22)21(29)17-3-5-19(6-4-17)23(31-2)15-32-16-23/h3-10H,11-16H2,1-2H3. The Morgan fingerprint density at radius 2 is 1.38 bits per heavy atom. The minimum absolute atomic E-state index is 0.0787. The summed E-state index contributed by atoms with van der Waals surface area (Å²) in [5.41, 5.74) is 0.415. The normalized spacial score (nSPS) is 20.0. The fraction of sp³-hybridized carbons (Fsp3) is 0.458. The van der Waals surface area contributed by atoms with Gasteiger partial charge in [0.05, 0.1) is 24.4 Å². The zero-order valence-electron chi connectivity index (χ0n) is 18.1. The molecule has 0 radical (unpaired) electrons. The molecule has 0 atom stereocenters. The monoisotopic (exact) mass is 449 g/mol. The molecule has 2 aromatic rings. The molecule has 0 aromatic heterocycles. The lowest BCUT2D eigenvalue weighted by Gasteiger charge is -2.41. The summed E-state index contributed by atoms with van der Waals surface area (Å²) in [7, 11) is 3.21. The fourth-order valence-electron chi connectivity index (χ4n) is 4.43. The van der Waals surface area contributed by atoms with Gasteiger partial charge >= 0.3 is 6.18 Å². The summed E-state index contributed by atoms with van der Waals surface area (Å²) in [5.74, 6) is -0.0787. The molecular weight excluding hydrogens is 423 g/mol. The highest BCUT2D eigenvalue weighted by atomic mass is 19.4. The van der Waals surface area contributed by atoms with Gasteiger partial charge in [-0.3, -0.25) is 4.79 Å². The number of carbonyl (C=O) groups excluding carboxylic acids is 1. The fourth-order valence-corrected chi connectivity index (χ4v) is 4.43. The van der Waals surface area contributed by atoms with E-state index in [1.165, 1.54) is 12.1 Å². The van der Waals surface area contributed by atoms with E-state index in [0.29, 0.717) is 50.3 Å². The third kappa shape index (κ3) is 4.02. The van der Waals surface area contributed by atoms with Gasteiger partial charge in [0.15, 0.2) is 0 Å². The highest BCUT2D eigenvalue weighted by Gasteiger charge is 2.41. The predicted molar refractivity (Wildman–Crippen MR) is 111 cm³/mol. The van der Waals surface area contributed by atoms with Crippen LogP contribution in [0.25, 0.3) is 0 Å². The molecule has 2 fully saturated rings. The van der Waals surface area contributed by atoms with Crippen LogP contribution in [0.15, 0.2) is 48.5 Å². The van der Waals surface area contributed by atoms with Crippen LogP contribution in [0.5, 0.6) is 0 Å². The molecule has 2 aliphatic heterocycles. The Morgan fingerprint density at radius 1 is 0.875 bits per heavy atom. The van der Waals surface area contributed by atoms with Gasteiger partial charge in [-0.15, -0.1) is 0 Å². The summed E-state index contributed by atoms with van der Waals surface area (Å²) in [6, 6.07) is 12.5. The molecule has 2 saturated heterocycles. The molecule has 172 valence electrons. The maximum Gasteiger partial charge on any atom is 0.416 e. The number of alkyl halides is 3. The van der Waals surface area contributed by atoms with Gasteiger partial charge in [-0.2, -0.15) is 13.2 Å². The molecule has 0 N–H and O–H groups in total. The van der Waals surface area contributed by atoms with Crippen LogP contribution in [-0.4, -0.2) is 51.3 Å². The number of halogens is 3. The second-order valence-corrected chi connectivity index (χ2v) is 8.33. The number of benzene rings is 2. The molecule has 8 heteroatoms. The van der Waals surface area contributed by atoms with Crippen LogP contribution in [0, 0.1) is 0 Å². The van der Waals surface area contributed by atoms with E-state index in [9.17, 15) is 18.0 Å². The van der Waals surface area contributed by atoms with E-state index in [0.717, 1.165) is 17.7 Å². The van der Waals surface area contributed by atoms with Crippen molar-refractivity contribution in [2.75, 3.05) is 40.5 Å². The molecule has 0 saturated carbocycles. The summed E-state index contributed by atoms with van der Waals surface area (Å²) in [6.45, 7) is 1.88. The first-order valence-corrected chi connectivity index (χ1v) is 10.5. The zero-order chi connectivity index (χ0) is 23.0. The molecule has 2 aromatic carbocycles. The lowest BCUT2D eigenvalue weighted by atomic mass is 9.83. The highest BCUT2D eigenvalue weighted by Crippen LogP contribution is 2.38. The molecule has 5 nitrogen and oxygen atoms in total. The van der Waals surface area contributed by atoms with E-state index in [4.69, 9.17) is 14.2 Å². The number of rotatable bonds is 5. The third-order valence-corrected chi connectivity index (χ3v) is 6.71. The van der Waals surface area contributed by atoms with E-state index < -0.39 is 22.9 Å². The van der Waals surface area contributed by atoms with Crippen molar-refractivity contribution in [1.82, 2.24) is 4.90 Å². The number of ether oxygens (including phenoxy) is 3. The molecule has 32 heavy (non-hydrogen) atoms. The number of hydrogen-bond acceptors (Lipinski definition) is 4. The van der Waals surface area contributed by atoms with Crippen LogP contribution in [-0.2, 0) is 31.6 Å². The molecule has 2 aliphatic rings. The Labute approximate surface area is 185 Å². The molecule has 0 aliphatic carbocycles. The molecule has 0 spiro atoms. The summed E-state index contributed by atoms with van der Waals surface area (Å²) >= 11 is 0. The molecule has 2 heterocycles. The summed E-state index contributed by atoms with van der Waals surface area (Å²) in [5, 5.41) is 0.